The Morgan fingerprint density at radius 2 is 1.75 bits per heavy atom. The molecule has 0 fully saturated rings. The molecule has 0 radical (unpaired) electrons. The predicted octanol–water partition coefficient (Wildman–Crippen LogP) is 3.53. The van der Waals surface area contributed by atoms with Crippen LogP contribution in [0, 0.1) is 0 Å². The number of nitrogens with one attached hydrogen (secondary N) is 1. The molecule has 1 amide bonds. The SMILES string of the molecule is COc1cc(C(=O)NCc2ccc(C(=O)c3ccco3)s2)cc(OC)c1OC. The van der Waals surface area contributed by atoms with Gasteiger partial charge in [-0.1, -0.05) is 0 Å². The van der Waals surface area contributed by atoms with E-state index in [2.05, 4.69) is 5.32 Å². The molecular formula is C20H19NO6S. The Hall–Kier alpha value is -3.26. The number of rotatable bonds is 8. The van der Waals surface area contributed by atoms with Gasteiger partial charge in [0.05, 0.1) is 39.0 Å². The summed E-state index contributed by atoms with van der Waals surface area (Å²) in [6, 6.07) is 9.97. The molecule has 7 nitrogen and oxygen atoms in total. The number of amides is 1. The fourth-order valence-electron chi connectivity index (χ4n) is 2.61. The van der Waals surface area contributed by atoms with E-state index >= 15 is 0 Å². The van der Waals surface area contributed by atoms with E-state index in [9.17, 15) is 9.59 Å². The number of hydrogen-bond donors (Lipinski definition) is 1. The molecule has 3 rings (SSSR count). The minimum absolute atomic E-state index is 0.183. The summed E-state index contributed by atoms with van der Waals surface area (Å²) >= 11 is 1.30. The van der Waals surface area contributed by atoms with Crippen molar-refractivity contribution >= 4 is 23.0 Å². The Labute approximate surface area is 165 Å². The van der Waals surface area contributed by atoms with Gasteiger partial charge in [-0.05, 0) is 36.4 Å². The lowest BCUT2D eigenvalue weighted by atomic mass is 10.1. The standard InChI is InChI=1S/C20H19NO6S/c1-24-15-9-12(10-16(25-2)19(15)26-3)20(23)21-11-13-6-7-17(28-13)18(22)14-5-4-8-27-14/h4-10H,11H2,1-3H3,(H,21,23). The Morgan fingerprint density at radius 3 is 2.32 bits per heavy atom. The Bertz CT molecular complexity index is 952. The summed E-state index contributed by atoms with van der Waals surface area (Å²) in [6.07, 6.45) is 1.46. The number of carbonyl (C=O) groups is 2. The number of hydrogen-bond acceptors (Lipinski definition) is 7. The third kappa shape index (κ3) is 4.01. The molecule has 0 aliphatic rings. The van der Waals surface area contributed by atoms with Crippen molar-refractivity contribution in [1.29, 1.82) is 0 Å². The van der Waals surface area contributed by atoms with Crippen LogP contribution in [0.2, 0.25) is 0 Å². The van der Waals surface area contributed by atoms with Gasteiger partial charge in [0, 0.05) is 10.4 Å². The van der Waals surface area contributed by atoms with E-state index in [0.29, 0.717) is 27.7 Å². The summed E-state index contributed by atoms with van der Waals surface area (Å²) in [7, 11) is 4.48. The molecule has 0 saturated heterocycles. The van der Waals surface area contributed by atoms with Crippen LogP contribution < -0.4 is 19.5 Å². The number of ketones is 1. The van der Waals surface area contributed by atoms with Crippen LogP contribution in [0.25, 0.3) is 0 Å². The van der Waals surface area contributed by atoms with Crippen molar-refractivity contribution in [3.05, 3.63) is 63.7 Å². The maximum Gasteiger partial charge on any atom is 0.251 e. The Balaban J connectivity index is 1.70. The van der Waals surface area contributed by atoms with Gasteiger partial charge >= 0.3 is 0 Å². The summed E-state index contributed by atoms with van der Waals surface area (Å²) in [5, 5.41) is 2.83. The summed E-state index contributed by atoms with van der Waals surface area (Å²) in [6.45, 7) is 0.283. The number of furan rings is 1. The van der Waals surface area contributed by atoms with E-state index < -0.39 is 0 Å². The van der Waals surface area contributed by atoms with Crippen LogP contribution in [0.5, 0.6) is 17.2 Å². The lowest BCUT2D eigenvalue weighted by Crippen LogP contribution is -2.22. The van der Waals surface area contributed by atoms with Crippen molar-refractivity contribution in [1.82, 2.24) is 5.32 Å². The highest BCUT2D eigenvalue weighted by atomic mass is 32.1. The first kappa shape index (κ1) is 19.5. The van der Waals surface area contributed by atoms with Crippen molar-refractivity contribution in [2.45, 2.75) is 6.54 Å². The summed E-state index contributed by atoms with van der Waals surface area (Å²) < 4.78 is 20.9. The third-order valence-electron chi connectivity index (χ3n) is 3.98. The van der Waals surface area contributed by atoms with Gasteiger partial charge < -0.3 is 23.9 Å². The van der Waals surface area contributed by atoms with Crippen molar-refractivity contribution in [2.75, 3.05) is 21.3 Å². The molecule has 3 aromatic rings. The molecule has 0 spiro atoms. The predicted molar refractivity (Wildman–Crippen MR) is 104 cm³/mol. The fraction of sp³-hybridized carbons (Fsp3) is 0.200. The largest absolute Gasteiger partial charge is 0.493 e. The van der Waals surface area contributed by atoms with Crippen LogP contribution in [-0.4, -0.2) is 33.0 Å². The van der Waals surface area contributed by atoms with Crippen molar-refractivity contribution in [3.8, 4) is 17.2 Å². The van der Waals surface area contributed by atoms with Crippen LogP contribution in [0.15, 0.2) is 47.1 Å². The number of benzene rings is 1. The molecule has 1 N–H and O–H groups in total. The monoisotopic (exact) mass is 401 g/mol. The lowest BCUT2D eigenvalue weighted by molar-refractivity contribution is 0.0949. The van der Waals surface area contributed by atoms with E-state index in [4.69, 9.17) is 18.6 Å². The molecule has 1 aromatic carbocycles. The molecule has 28 heavy (non-hydrogen) atoms. The van der Waals surface area contributed by atoms with Gasteiger partial charge in [0.15, 0.2) is 17.3 Å². The van der Waals surface area contributed by atoms with Gasteiger partial charge in [0.25, 0.3) is 5.91 Å². The van der Waals surface area contributed by atoms with Crippen LogP contribution >= 0.6 is 11.3 Å². The number of ether oxygens (including phenoxy) is 3. The highest BCUT2D eigenvalue weighted by Gasteiger charge is 2.18. The van der Waals surface area contributed by atoms with Gasteiger partial charge in [-0.2, -0.15) is 0 Å². The summed E-state index contributed by atoms with van der Waals surface area (Å²) in [4.78, 5) is 26.2. The second-order valence-corrected chi connectivity index (χ2v) is 6.84. The topological polar surface area (TPSA) is 87.0 Å². The fourth-order valence-corrected chi connectivity index (χ4v) is 3.50. The second kappa shape index (κ2) is 8.62. The number of thiophene rings is 1. The normalized spacial score (nSPS) is 10.4. The molecule has 0 bridgehead atoms. The summed E-state index contributed by atoms with van der Waals surface area (Å²) in [5.41, 5.74) is 0.373. The quantitative estimate of drug-likeness (QED) is 0.581. The zero-order valence-electron chi connectivity index (χ0n) is 15.6. The average Bonchev–Trinajstić information content (AvgIpc) is 3.42. The first-order valence-corrected chi connectivity index (χ1v) is 9.14. The van der Waals surface area contributed by atoms with Gasteiger partial charge in [-0.3, -0.25) is 9.59 Å². The van der Waals surface area contributed by atoms with Gasteiger partial charge in [-0.15, -0.1) is 11.3 Å². The van der Waals surface area contributed by atoms with Crippen LogP contribution in [0.1, 0.15) is 30.7 Å². The minimum Gasteiger partial charge on any atom is -0.493 e. The first-order chi connectivity index (χ1) is 13.6. The maximum absolute atomic E-state index is 12.5. The molecule has 2 heterocycles. The van der Waals surface area contributed by atoms with E-state index in [1.807, 2.05) is 0 Å². The second-order valence-electron chi connectivity index (χ2n) is 5.67. The average molecular weight is 401 g/mol. The highest BCUT2D eigenvalue weighted by molar-refractivity contribution is 7.14. The molecule has 0 saturated carbocycles. The third-order valence-corrected chi connectivity index (χ3v) is 5.06. The van der Waals surface area contributed by atoms with Crippen LogP contribution in [-0.2, 0) is 6.54 Å². The maximum atomic E-state index is 12.5. The van der Waals surface area contributed by atoms with Crippen molar-refractivity contribution in [2.24, 2.45) is 0 Å². The molecule has 0 aliphatic heterocycles. The van der Waals surface area contributed by atoms with E-state index in [1.54, 1.807) is 36.4 Å². The van der Waals surface area contributed by atoms with Crippen molar-refractivity contribution < 1.29 is 28.2 Å². The van der Waals surface area contributed by atoms with Crippen molar-refractivity contribution in [3.63, 3.8) is 0 Å². The first-order valence-electron chi connectivity index (χ1n) is 8.32. The summed E-state index contributed by atoms with van der Waals surface area (Å²) in [5.74, 6) is 1.02. The van der Waals surface area contributed by atoms with Gasteiger partial charge in [0.1, 0.15) is 0 Å². The Kier molecular flexibility index (Phi) is 6.00. The van der Waals surface area contributed by atoms with E-state index in [1.165, 1.54) is 38.9 Å². The molecule has 0 aliphatic carbocycles. The van der Waals surface area contributed by atoms with Crippen LogP contribution in [0.3, 0.4) is 0 Å². The van der Waals surface area contributed by atoms with Gasteiger partial charge in [-0.25, -0.2) is 0 Å². The molecule has 8 heteroatoms. The Morgan fingerprint density at radius 1 is 1.04 bits per heavy atom. The number of carbonyl (C=O) groups excluding carboxylic acids is 2. The molecule has 0 unspecified atom stereocenters. The molecular weight excluding hydrogens is 382 g/mol. The lowest BCUT2D eigenvalue weighted by Gasteiger charge is -2.14. The highest BCUT2D eigenvalue weighted by Crippen LogP contribution is 2.38. The smallest absolute Gasteiger partial charge is 0.251 e. The minimum atomic E-state index is -0.299. The van der Waals surface area contributed by atoms with E-state index in [0.717, 1.165) is 4.88 Å². The van der Waals surface area contributed by atoms with E-state index in [-0.39, 0.29) is 24.0 Å². The molecule has 0 atom stereocenters. The van der Waals surface area contributed by atoms with Crippen LogP contribution in [0.4, 0.5) is 0 Å². The molecule has 2 aromatic heterocycles. The molecule has 146 valence electrons. The zero-order chi connectivity index (χ0) is 20.1. The number of methoxy groups -OCH3 is 3. The van der Waals surface area contributed by atoms with Gasteiger partial charge in [0.2, 0.25) is 11.5 Å². The zero-order valence-corrected chi connectivity index (χ0v) is 16.4.